The molecule has 0 spiro atoms. The molecular weight excluding hydrogens is 286 g/mol. The van der Waals surface area contributed by atoms with Crippen molar-refractivity contribution in [2.45, 2.75) is 26.8 Å². The van der Waals surface area contributed by atoms with Crippen molar-refractivity contribution in [1.82, 2.24) is 15.5 Å². The number of aromatic nitrogens is 2. The van der Waals surface area contributed by atoms with Gasteiger partial charge in [-0.25, -0.2) is 4.79 Å². The Balaban J connectivity index is 2.40. The summed E-state index contributed by atoms with van der Waals surface area (Å²) in [6.07, 6.45) is 0. The van der Waals surface area contributed by atoms with Gasteiger partial charge in [0.2, 0.25) is 5.43 Å². The van der Waals surface area contributed by atoms with Crippen molar-refractivity contribution < 1.29 is 14.7 Å². The lowest BCUT2D eigenvalue weighted by molar-refractivity contribution is -0.142. The highest BCUT2D eigenvalue weighted by molar-refractivity contribution is 5.97. The van der Waals surface area contributed by atoms with Gasteiger partial charge >= 0.3 is 5.97 Å². The molecule has 0 radical (unpaired) electrons. The predicted molar refractivity (Wildman–Crippen MR) is 80.7 cm³/mol. The van der Waals surface area contributed by atoms with E-state index in [0.29, 0.717) is 10.9 Å². The first-order chi connectivity index (χ1) is 10.2. The number of H-pyrrole nitrogens is 1. The molecular formula is C15H17N3O4. The van der Waals surface area contributed by atoms with Crippen LogP contribution in [0.15, 0.2) is 29.1 Å². The van der Waals surface area contributed by atoms with Gasteiger partial charge in [-0.2, -0.15) is 5.10 Å². The maximum absolute atomic E-state index is 12.3. The molecule has 7 nitrogen and oxygen atoms in total. The highest BCUT2D eigenvalue weighted by Gasteiger charge is 2.33. The zero-order chi connectivity index (χ0) is 16.5. The Morgan fingerprint density at radius 3 is 2.50 bits per heavy atom. The Morgan fingerprint density at radius 1 is 1.27 bits per heavy atom. The van der Waals surface area contributed by atoms with E-state index in [9.17, 15) is 19.5 Å². The Hall–Kier alpha value is -2.70. The fraction of sp³-hybridized carbons (Fsp3) is 0.333. The average molecular weight is 303 g/mol. The fourth-order valence-corrected chi connectivity index (χ4v) is 2.08. The van der Waals surface area contributed by atoms with Gasteiger partial charge in [-0.3, -0.25) is 14.7 Å². The van der Waals surface area contributed by atoms with E-state index in [0.717, 1.165) is 0 Å². The maximum atomic E-state index is 12.3. The number of nitrogens with one attached hydrogen (secondary N) is 2. The number of fused-ring (bicyclic) bond motifs is 1. The highest BCUT2D eigenvalue weighted by atomic mass is 16.4. The number of carbonyl (C=O) groups is 2. The van der Waals surface area contributed by atoms with Crippen LogP contribution in [0.1, 0.15) is 31.3 Å². The summed E-state index contributed by atoms with van der Waals surface area (Å²) >= 11 is 0. The van der Waals surface area contributed by atoms with E-state index >= 15 is 0 Å². The zero-order valence-electron chi connectivity index (χ0n) is 12.5. The van der Waals surface area contributed by atoms with Crippen LogP contribution in [-0.4, -0.2) is 33.2 Å². The molecule has 2 aromatic rings. The number of nitrogens with zero attached hydrogens (tertiary/aromatic N) is 1. The molecule has 1 aromatic heterocycles. The van der Waals surface area contributed by atoms with E-state index in [2.05, 4.69) is 15.5 Å². The third kappa shape index (κ3) is 2.98. The standard InChI is InChI=1S/C15H17N3O4/c1-15(2,3)12(14(21)22)16-13(20)10-11(19)8-6-4-5-7-9(8)17-18-10/h4-7,12H,1-3H3,(H,16,20)(H,17,19)(H,21,22). The van der Waals surface area contributed by atoms with Gasteiger partial charge < -0.3 is 10.4 Å². The van der Waals surface area contributed by atoms with Crippen LogP contribution in [0.4, 0.5) is 0 Å². The molecule has 116 valence electrons. The van der Waals surface area contributed by atoms with Crippen molar-refractivity contribution in [3.05, 3.63) is 40.2 Å². The first-order valence-electron chi connectivity index (χ1n) is 6.73. The quantitative estimate of drug-likeness (QED) is 0.787. The molecule has 1 amide bonds. The molecule has 1 unspecified atom stereocenters. The smallest absolute Gasteiger partial charge is 0.326 e. The van der Waals surface area contributed by atoms with Crippen LogP contribution >= 0.6 is 0 Å². The molecule has 1 heterocycles. The maximum Gasteiger partial charge on any atom is 0.326 e. The van der Waals surface area contributed by atoms with E-state index in [1.165, 1.54) is 0 Å². The number of carbonyl (C=O) groups excluding carboxylic acids is 1. The lowest BCUT2D eigenvalue weighted by Gasteiger charge is -2.27. The summed E-state index contributed by atoms with van der Waals surface area (Å²) in [6.45, 7) is 5.05. The largest absolute Gasteiger partial charge is 0.480 e. The highest BCUT2D eigenvalue weighted by Crippen LogP contribution is 2.19. The van der Waals surface area contributed by atoms with Gasteiger partial charge in [-0.1, -0.05) is 32.9 Å². The van der Waals surface area contributed by atoms with Crippen LogP contribution < -0.4 is 10.7 Å². The molecule has 0 saturated heterocycles. The summed E-state index contributed by atoms with van der Waals surface area (Å²) in [5, 5.41) is 18.3. The molecule has 0 saturated carbocycles. The number of amides is 1. The Labute approximate surface area is 126 Å². The van der Waals surface area contributed by atoms with Gasteiger partial charge in [0.25, 0.3) is 5.91 Å². The van der Waals surface area contributed by atoms with Gasteiger partial charge in [-0.15, -0.1) is 0 Å². The van der Waals surface area contributed by atoms with Gasteiger partial charge in [-0.05, 0) is 17.5 Å². The van der Waals surface area contributed by atoms with Crippen molar-refractivity contribution in [1.29, 1.82) is 0 Å². The number of carboxylic acids is 1. The third-order valence-corrected chi connectivity index (χ3v) is 3.28. The van der Waals surface area contributed by atoms with E-state index in [-0.39, 0.29) is 5.69 Å². The SMILES string of the molecule is CC(C)(C)C(NC(=O)c1n[nH]c2ccccc2c1=O)C(=O)O. The van der Waals surface area contributed by atoms with Crippen molar-refractivity contribution in [2.75, 3.05) is 0 Å². The van der Waals surface area contributed by atoms with Crippen LogP contribution in [-0.2, 0) is 4.79 Å². The van der Waals surface area contributed by atoms with Crippen LogP contribution in [0.25, 0.3) is 10.9 Å². The summed E-state index contributed by atoms with van der Waals surface area (Å²) in [5.41, 5.74) is -1.08. The van der Waals surface area contributed by atoms with Crippen molar-refractivity contribution in [3.63, 3.8) is 0 Å². The van der Waals surface area contributed by atoms with Crippen molar-refractivity contribution >= 4 is 22.8 Å². The van der Waals surface area contributed by atoms with Crippen LogP contribution in [0.5, 0.6) is 0 Å². The second-order valence-electron chi connectivity index (χ2n) is 6.06. The van der Waals surface area contributed by atoms with Crippen molar-refractivity contribution in [3.8, 4) is 0 Å². The van der Waals surface area contributed by atoms with Crippen molar-refractivity contribution in [2.24, 2.45) is 5.41 Å². The van der Waals surface area contributed by atoms with Gasteiger partial charge in [0.15, 0.2) is 5.69 Å². The predicted octanol–water partition coefficient (Wildman–Crippen LogP) is 1.15. The lowest BCUT2D eigenvalue weighted by Crippen LogP contribution is -2.50. The molecule has 3 N–H and O–H groups in total. The van der Waals surface area contributed by atoms with Gasteiger partial charge in [0.05, 0.1) is 5.52 Å². The molecule has 0 fully saturated rings. The Morgan fingerprint density at radius 2 is 1.91 bits per heavy atom. The minimum Gasteiger partial charge on any atom is -0.480 e. The van der Waals surface area contributed by atoms with E-state index < -0.39 is 28.8 Å². The molecule has 2 rings (SSSR count). The van der Waals surface area contributed by atoms with E-state index in [1.807, 2.05) is 0 Å². The Kier molecular flexibility index (Phi) is 3.99. The zero-order valence-corrected chi connectivity index (χ0v) is 12.5. The van der Waals surface area contributed by atoms with E-state index in [4.69, 9.17) is 0 Å². The number of hydrogen-bond acceptors (Lipinski definition) is 4. The number of aromatic amines is 1. The molecule has 7 heteroatoms. The first kappa shape index (κ1) is 15.7. The molecule has 0 aliphatic heterocycles. The number of benzene rings is 1. The molecule has 0 aliphatic rings. The third-order valence-electron chi connectivity index (χ3n) is 3.28. The number of aliphatic carboxylic acids is 1. The minimum atomic E-state index is -1.17. The van der Waals surface area contributed by atoms with Crippen LogP contribution in [0, 0.1) is 5.41 Å². The van der Waals surface area contributed by atoms with Crippen LogP contribution in [0.2, 0.25) is 0 Å². The molecule has 1 atom stereocenters. The Bertz CT molecular complexity index is 789. The van der Waals surface area contributed by atoms with Crippen LogP contribution in [0.3, 0.4) is 0 Å². The number of para-hydroxylation sites is 1. The second kappa shape index (κ2) is 5.59. The summed E-state index contributed by atoms with van der Waals surface area (Å²) in [5.74, 6) is -1.98. The normalized spacial score (nSPS) is 12.9. The summed E-state index contributed by atoms with van der Waals surface area (Å²) in [4.78, 5) is 35.8. The van der Waals surface area contributed by atoms with E-state index in [1.54, 1.807) is 45.0 Å². The number of carboxylic acid groups (broad SMARTS) is 1. The van der Waals surface area contributed by atoms with Gasteiger partial charge in [0, 0.05) is 5.39 Å². The number of rotatable bonds is 3. The number of hydrogen-bond donors (Lipinski definition) is 3. The van der Waals surface area contributed by atoms with Gasteiger partial charge in [0.1, 0.15) is 6.04 Å². The molecule has 22 heavy (non-hydrogen) atoms. The average Bonchev–Trinajstić information content (AvgIpc) is 2.43. The topological polar surface area (TPSA) is 112 Å². The summed E-state index contributed by atoms with van der Waals surface area (Å²) in [7, 11) is 0. The lowest BCUT2D eigenvalue weighted by atomic mass is 9.86. The summed E-state index contributed by atoms with van der Waals surface area (Å²) < 4.78 is 0. The second-order valence-corrected chi connectivity index (χ2v) is 6.06. The minimum absolute atomic E-state index is 0.324. The summed E-state index contributed by atoms with van der Waals surface area (Å²) in [6, 6.07) is 5.52. The molecule has 0 bridgehead atoms. The fourth-order valence-electron chi connectivity index (χ4n) is 2.08. The molecule has 0 aliphatic carbocycles. The monoisotopic (exact) mass is 303 g/mol. The first-order valence-corrected chi connectivity index (χ1v) is 6.73. The molecule has 1 aromatic carbocycles.